The topological polar surface area (TPSA) is 58.7 Å². The fraction of sp³-hybridized carbons (Fsp3) is 0.429. The van der Waals surface area contributed by atoms with Crippen molar-refractivity contribution >= 4 is 17.9 Å². The molecule has 0 aromatic heterocycles. The van der Waals surface area contributed by atoms with Crippen molar-refractivity contribution in [2.75, 3.05) is 13.1 Å². The Labute approximate surface area is 109 Å². The maximum absolute atomic E-state index is 12.4. The summed E-state index contributed by atoms with van der Waals surface area (Å²) in [5, 5.41) is 0. The minimum Gasteiger partial charge on any atom is -0.390 e. The number of carbonyl (C=O) groups excluding carboxylic acids is 1. The van der Waals surface area contributed by atoms with Crippen LogP contribution in [-0.4, -0.2) is 30.2 Å². The van der Waals surface area contributed by atoms with Crippen LogP contribution in [0, 0.1) is 0 Å². The van der Waals surface area contributed by atoms with Gasteiger partial charge in [-0.05, 0) is 25.0 Å². The highest BCUT2D eigenvalue weighted by molar-refractivity contribution is 5.99. The third-order valence-corrected chi connectivity index (χ3v) is 2.62. The summed E-state index contributed by atoms with van der Waals surface area (Å²) >= 11 is 0. The van der Waals surface area contributed by atoms with Gasteiger partial charge < -0.3 is 10.6 Å². The molecule has 0 atom stereocenters. The molecule has 0 heterocycles. The van der Waals surface area contributed by atoms with Crippen molar-refractivity contribution in [1.29, 1.82) is 0 Å². The lowest BCUT2D eigenvalue weighted by atomic mass is 10.1. The normalized spacial score (nSPS) is 10.8. The van der Waals surface area contributed by atoms with Gasteiger partial charge in [0.05, 0.1) is 17.6 Å². The highest BCUT2D eigenvalue weighted by Gasteiger charge is 2.16. The first-order valence-electron chi connectivity index (χ1n) is 6.37. The van der Waals surface area contributed by atoms with Crippen LogP contribution in [0.2, 0.25) is 0 Å². The highest BCUT2D eigenvalue weighted by Crippen LogP contribution is 2.20. The lowest BCUT2D eigenvalue weighted by Crippen LogP contribution is -2.32. The van der Waals surface area contributed by atoms with Gasteiger partial charge in [0.15, 0.2) is 0 Å². The first kappa shape index (κ1) is 14.2. The van der Waals surface area contributed by atoms with Crippen LogP contribution in [0.15, 0.2) is 29.3 Å². The molecule has 98 valence electrons. The molecule has 4 heteroatoms. The van der Waals surface area contributed by atoms with E-state index in [4.69, 9.17) is 5.73 Å². The molecule has 0 aliphatic heterocycles. The molecule has 0 bridgehead atoms. The zero-order valence-electron chi connectivity index (χ0n) is 11.1. The number of benzene rings is 1. The molecule has 2 N–H and O–H groups in total. The maximum Gasteiger partial charge on any atom is 0.256 e. The number of amides is 1. The Balaban J connectivity index is 3.00. The zero-order valence-corrected chi connectivity index (χ0v) is 11.1. The molecule has 1 aromatic rings. The van der Waals surface area contributed by atoms with Gasteiger partial charge in [-0.25, -0.2) is 4.99 Å². The van der Waals surface area contributed by atoms with Gasteiger partial charge in [0.1, 0.15) is 0 Å². The average Bonchev–Trinajstić information content (AvgIpc) is 2.39. The van der Waals surface area contributed by atoms with Crippen LogP contribution in [-0.2, 0) is 0 Å². The Morgan fingerprint density at radius 2 is 1.89 bits per heavy atom. The van der Waals surface area contributed by atoms with Crippen LogP contribution in [0.5, 0.6) is 0 Å². The highest BCUT2D eigenvalue weighted by atomic mass is 16.2. The van der Waals surface area contributed by atoms with Crippen LogP contribution < -0.4 is 5.73 Å². The molecule has 0 radical (unpaired) electrons. The number of rotatable bonds is 6. The van der Waals surface area contributed by atoms with E-state index < -0.39 is 0 Å². The fourth-order valence-electron chi connectivity index (χ4n) is 1.87. The van der Waals surface area contributed by atoms with Crippen LogP contribution >= 0.6 is 0 Å². The van der Waals surface area contributed by atoms with Crippen molar-refractivity contribution in [2.45, 2.75) is 26.7 Å². The second kappa shape index (κ2) is 7.48. The van der Waals surface area contributed by atoms with Crippen LogP contribution in [0.1, 0.15) is 37.0 Å². The van der Waals surface area contributed by atoms with E-state index in [1.165, 1.54) is 6.34 Å². The Bertz CT molecular complexity index is 409. The first-order chi connectivity index (χ1) is 8.74. The van der Waals surface area contributed by atoms with Gasteiger partial charge in [-0.2, -0.15) is 0 Å². The third-order valence-electron chi connectivity index (χ3n) is 2.62. The van der Waals surface area contributed by atoms with Gasteiger partial charge in [-0.15, -0.1) is 0 Å². The quantitative estimate of drug-likeness (QED) is 0.620. The van der Waals surface area contributed by atoms with Crippen LogP contribution in [0.25, 0.3) is 0 Å². The lowest BCUT2D eigenvalue weighted by molar-refractivity contribution is 0.0756. The van der Waals surface area contributed by atoms with Crippen molar-refractivity contribution < 1.29 is 4.79 Å². The lowest BCUT2D eigenvalue weighted by Gasteiger charge is -2.22. The molecule has 0 spiro atoms. The standard InChI is InChI=1S/C14H21N3O/c1-3-9-17(10-4-2)14(18)12-7-5-6-8-13(12)16-11-15/h5-8,11H,3-4,9-10H2,1-2H3,(H2,15,16). The number of carbonyl (C=O) groups is 1. The van der Waals surface area contributed by atoms with Crippen molar-refractivity contribution in [3.8, 4) is 0 Å². The van der Waals surface area contributed by atoms with E-state index in [1.54, 1.807) is 12.1 Å². The van der Waals surface area contributed by atoms with Crippen LogP contribution in [0.4, 0.5) is 5.69 Å². The summed E-state index contributed by atoms with van der Waals surface area (Å²) in [5.74, 6) is 0.0277. The molecule has 0 unspecified atom stereocenters. The van der Waals surface area contributed by atoms with Gasteiger partial charge in [0.2, 0.25) is 0 Å². The summed E-state index contributed by atoms with van der Waals surface area (Å²) in [5.41, 5.74) is 6.55. The Kier molecular flexibility index (Phi) is 5.91. The van der Waals surface area contributed by atoms with Crippen molar-refractivity contribution in [3.05, 3.63) is 29.8 Å². The monoisotopic (exact) mass is 247 g/mol. The summed E-state index contributed by atoms with van der Waals surface area (Å²) in [6, 6.07) is 7.29. The van der Waals surface area contributed by atoms with E-state index in [1.807, 2.05) is 17.0 Å². The minimum atomic E-state index is 0.0277. The molecule has 1 aromatic carbocycles. The maximum atomic E-state index is 12.4. The van der Waals surface area contributed by atoms with Gasteiger partial charge in [0, 0.05) is 13.1 Å². The van der Waals surface area contributed by atoms with E-state index in [0.717, 1.165) is 25.9 Å². The number of hydrogen-bond acceptors (Lipinski definition) is 2. The predicted molar refractivity (Wildman–Crippen MR) is 75.3 cm³/mol. The fourth-order valence-corrected chi connectivity index (χ4v) is 1.87. The van der Waals surface area contributed by atoms with Crippen LogP contribution in [0.3, 0.4) is 0 Å². The zero-order chi connectivity index (χ0) is 13.4. The number of para-hydroxylation sites is 1. The second-order valence-electron chi connectivity index (χ2n) is 4.09. The summed E-state index contributed by atoms with van der Waals surface area (Å²) in [6.07, 6.45) is 3.12. The smallest absolute Gasteiger partial charge is 0.256 e. The van der Waals surface area contributed by atoms with E-state index in [9.17, 15) is 4.79 Å². The number of hydrogen-bond donors (Lipinski definition) is 1. The van der Waals surface area contributed by atoms with Gasteiger partial charge >= 0.3 is 0 Å². The van der Waals surface area contributed by atoms with E-state index in [0.29, 0.717) is 11.3 Å². The molecule has 0 fully saturated rings. The molecule has 0 saturated carbocycles. The van der Waals surface area contributed by atoms with Gasteiger partial charge in [-0.1, -0.05) is 26.0 Å². The average molecular weight is 247 g/mol. The SMILES string of the molecule is CCCN(CCC)C(=O)c1ccccc1/N=C\N. The van der Waals surface area contributed by atoms with Crippen molar-refractivity contribution in [2.24, 2.45) is 10.7 Å². The molecule has 1 amide bonds. The molecular weight excluding hydrogens is 226 g/mol. The van der Waals surface area contributed by atoms with Crippen molar-refractivity contribution in [3.63, 3.8) is 0 Å². The molecule has 1 rings (SSSR count). The summed E-state index contributed by atoms with van der Waals surface area (Å²) in [6.45, 7) is 5.68. The molecule has 0 saturated heterocycles. The Morgan fingerprint density at radius 1 is 1.28 bits per heavy atom. The van der Waals surface area contributed by atoms with E-state index in [2.05, 4.69) is 18.8 Å². The van der Waals surface area contributed by atoms with Gasteiger partial charge in [-0.3, -0.25) is 4.79 Å². The van der Waals surface area contributed by atoms with Crippen molar-refractivity contribution in [1.82, 2.24) is 4.90 Å². The Morgan fingerprint density at radius 3 is 2.44 bits per heavy atom. The summed E-state index contributed by atoms with van der Waals surface area (Å²) < 4.78 is 0. The summed E-state index contributed by atoms with van der Waals surface area (Å²) in [4.78, 5) is 18.3. The molecule has 0 aliphatic carbocycles. The largest absolute Gasteiger partial charge is 0.390 e. The minimum absolute atomic E-state index is 0.0277. The molecule has 18 heavy (non-hydrogen) atoms. The number of nitrogens with zero attached hydrogens (tertiary/aromatic N) is 2. The third kappa shape index (κ3) is 3.58. The summed E-state index contributed by atoms with van der Waals surface area (Å²) in [7, 11) is 0. The van der Waals surface area contributed by atoms with E-state index in [-0.39, 0.29) is 5.91 Å². The predicted octanol–water partition coefficient (Wildman–Crippen LogP) is 2.57. The molecular formula is C14H21N3O. The van der Waals surface area contributed by atoms with Gasteiger partial charge in [0.25, 0.3) is 5.91 Å². The second-order valence-corrected chi connectivity index (χ2v) is 4.09. The Hall–Kier alpha value is -1.84. The molecule has 0 aliphatic rings. The number of nitrogens with two attached hydrogens (primary N) is 1. The van der Waals surface area contributed by atoms with E-state index >= 15 is 0 Å². The first-order valence-corrected chi connectivity index (χ1v) is 6.37. The number of aliphatic imine (C=N–C) groups is 1. The molecule has 4 nitrogen and oxygen atoms in total.